The Morgan fingerprint density at radius 2 is 1.96 bits per heavy atom. The lowest BCUT2D eigenvalue weighted by Gasteiger charge is -2.31. The van der Waals surface area contributed by atoms with Gasteiger partial charge in [0, 0.05) is 19.2 Å². The maximum absolute atomic E-state index is 12.5. The van der Waals surface area contributed by atoms with E-state index >= 15 is 0 Å². The van der Waals surface area contributed by atoms with Gasteiger partial charge in [0.25, 0.3) is 5.91 Å². The predicted octanol–water partition coefficient (Wildman–Crippen LogP) is 2.74. The molecule has 2 aromatic rings. The normalized spacial score (nSPS) is 15.3. The summed E-state index contributed by atoms with van der Waals surface area (Å²) in [5.41, 5.74) is 0.995. The van der Waals surface area contributed by atoms with Crippen LogP contribution < -0.4 is 10.2 Å². The molecule has 0 spiro atoms. The molecule has 3 rings (SSSR count). The van der Waals surface area contributed by atoms with Gasteiger partial charge in [-0.05, 0) is 30.7 Å². The molecule has 0 saturated carbocycles. The fourth-order valence-electron chi connectivity index (χ4n) is 3.10. The summed E-state index contributed by atoms with van der Waals surface area (Å²) in [6.45, 7) is 1.37. The summed E-state index contributed by atoms with van der Waals surface area (Å²) in [4.78, 5) is 26.0. The van der Waals surface area contributed by atoms with Crippen LogP contribution in [-0.2, 0) is 6.42 Å². The molecule has 0 bridgehead atoms. The highest BCUT2D eigenvalue weighted by Crippen LogP contribution is 2.22. The van der Waals surface area contributed by atoms with Gasteiger partial charge in [0.15, 0.2) is 5.76 Å². The highest BCUT2D eigenvalue weighted by Gasteiger charge is 2.25. The maximum atomic E-state index is 12.5. The van der Waals surface area contributed by atoms with Gasteiger partial charge in [0.1, 0.15) is 6.26 Å². The lowest BCUT2D eigenvalue weighted by atomic mass is 9.90. The van der Waals surface area contributed by atoms with Gasteiger partial charge in [0.05, 0.1) is 7.11 Å². The molecule has 5 heteroatoms. The third-order valence-corrected chi connectivity index (χ3v) is 4.50. The van der Waals surface area contributed by atoms with E-state index in [-0.39, 0.29) is 22.8 Å². The number of hydrogen-bond donors (Lipinski definition) is 0. The second kappa shape index (κ2) is 7.34. The average molecular weight is 327 g/mol. The Morgan fingerprint density at radius 1 is 1.25 bits per heavy atom. The molecule has 126 valence electrons. The van der Waals surface area contributed by atoms with Crippen molar-refractivity contribution in [2.24, 2.45) is 5.92 Å². The number of amides is 1. The first kappa shape index (κ1) is 16.3. The van der Waals surface area contributed by atoms with Gasteiger partial charge in [-0.2, -0.15) is 0 Å². The first-order valence-corrected chi connectivity index (χ1v) is 8.17. The van der Waals surface area contributed by atoms with E-state index in [9.17, 15) is 9.59 Å². The van der Waals surface area contributed by atoms with Crippen molar-refractivity contribution in [3.05, 3.63) is 64.2 Å². The van der Waals surface area contributed by atoms with Gasteiger partial charge in [-0.3, -0.25) is 9.59 Å². The van der Waals surface area contributed by atoms with Crippen LogP contribution in [0.15, 0.2) is 51.9 Å². The Bertz CT molecular complexity index is 745. The third kappa shape index (κ3) is 3.67. The van der Waals surface area contributed by atoms with E-state index < -0.39 is 0 Å². The number of nitrogens with zero attached hydrogens (tertiary/aromatic N) is 1. The number of likely N-dealkylation sites (tertiary alicyclic amines) is 1. The van der Waals surface area contributed by atoms with Crippen molar-refractivity contribution < 1.29 is 13.9 Å². The Balaban J connectivity index is 1.59. The van der Waals surface area contributed by atoms with Gasteiger partial charge >= 0.3 is 0 Å². The fourth-order valence-corrected chi connectivity index (χ4v) is 3.10. The summed E-state index contributed by atoms with van der Waals surface area (Å²) in [5.74, 6) is 0.530. The molecule has 0 unspecified atom stereocenters. The van der Waals surface area contributed by atoms with Gasteiger partial charge < -0.3 is 14.1 Å². The Morgan fingerprint density at radius 3 is 2.58 bits per heavy atom. The SMILES string of the molecule is COc1coc(C(=O)N2CCC(Cc3ccccc3)CC2)cc1=O. The number of ether oxygens (including phenoxy) is 1. The summed E-state index contributed by atoms with van der Waals surface area (Å²) in [6, 6.07) is 11.6. The molecule has 24 heavy (non-hydrogen) atoms. The Hall–Kier alpha value is -2.56. The van der Waals surface area contributed by atoms with Crippen LogP contribution in [0.3, 0.4) is 0 Å². The van der Waals surface area contributed by atoms with Crippen LogP contribution in [0.1, 0.15) is 29.0 Å². The molecule has 2 heterocycles. The lowest BCUT2D eigenvalue weighted by molar-refractivity contribution is 0.0655. The lowest BCUT2D eigenvalue weighted by Crippen LogP contribution is -2.39. The standard InChI is InChI=1S/C19H21NO4/c1-23-18-13-24-17(12-16(18)21)19(22)20-9-7-15(8-10-20)11-14-5-3-2-4-6-14/h2-6,12-13,15H,7-11H2,1H3. The van der Waals surface area contributed by atoms with Gasteiger partial charge in [0.2, 0.25) is 11.2 Å². The minimum Gasteiger partial charge on any atom is -0.490 e. The molecule has 1 aliphatic rings. The molecule has 1 aliphatic heterocycles. The van der Waals surface area contributed by atoms with Crippen molar-refractivity contribution in [2.75, 3.05) is 20.2 Å². The molecule has 1 aromatic heterocycles. The number of benzene rings is 1. The predicted molar refractivity (Wildman–Crippen MR) is 90.3 cm³/mol. The summed E-state index contributed by atoms with van der Waals surface area (Å²) in [5, 5.41) is 0. The zero-order chi connectivity index (χ0) is 16.9. The van der Waals surface area contributed by atoms with E-state index in [1.54, 1.807) is 4.90 Å². The number of rotatable bonds is 4. The topological polar surface area (TPSA) is 59.8 Å². The highest BCUT2D eigenvalue weighted by atomic mass is 16.5. The summed E-state index contributed by atoms with van der Waals surface area (Å²) >= 11 is 0. The van der Waals surface area contributed by atoms with Gasteiger partial charge in [-0.1, -0.05) is 30.3 Å². The minimum absolute atomic E-state index is 0.0716. The molecule has 1 aromatic carbocycles. The van der Waals surface area contributed by atoms with E-state index in [1.165, 1.54) is 25.0 Å². The van der Waals surface area contributed by atoms with Gasteiger partial charge in [-0.25, -0.2) is 0 Å². The molecular weight excluding hydrogens is 306 g/mol. The highest BCUT2D eigenvalue weighted by molar-refractivity contribution is 5.91. The van der Waals surface area contributed by atoms with Crippen molar-refractivity contribution >= 4 is 5.91 Å². The molecule has 1 saturated heterocycles. The largest absolute Gasteiger partial charge is 0.490 e. The van der Waals surface area contributed by atoms with Crippen molar-refractivity contribution in [1.82, 2.24) is 4.90 Å². The van der Waals surface area contributed by atoms with Crippen LogP contribution in [0.25, 0.3) is 0 Å². The van der Waals surface area contributed by atoms with Crippen LogP contribution in [0.4, 0.5) is 0 Å². The van der Waals surface area contributed by atoms with E-state index in [0.29, 0.717) is 19.0 Å². The van der Waals surface area contributed by atoms with Crippen LogP contribution in [-0.4, -0.2) is 31.0 Å². The molecule has 1 fully saturated rings. The van der Waals surface area contributed by atoms with Crippen molar-refractivity contribution in [1.29, 1.82) is 0 Å². The Labute approximate surface area is 140 Å². The summed E-state index contributed by atoms with van der Waals surface area (Å²) in [6.07, 6.45) is 4.15. The second-order valence-corrected chi connectivity index (χ2v) is 6.10. The van der Waals surface area contributed by atoms with Crippen LogP contribution in [0.2, 0.25) is 0 Å². The minimum atomic E-state index is -0.342. The van der Waals surface area contributed by atoms with Gasteiger partial charge in [-0.15, -0.1) is 0 Å². The van der Waals surface area contributed by atoms with E-state index in [1.807, 2.05) is 6.07 Å². The first-order chi connectivity index (χ1) is 11.7. The Kier molecular flexibility index (Phi) is 4.99. The molecule has 0 radical (unpaired) electrons. The molecule has 5 nitrogen and oxygen atoms in total. The average Bonchev–Trinajstić information content (AvgIpc) is 2.62. The fraction of sp³-hybridized carbons (Fsp3) is 0.368. The number of carbonyl (C=O) groups is 1. The van der Waals surface area contributed by atoms with Crippen molar-refractivity contribution in [3.8, 4) is 5.75 Å². The third-order valence-electron chi connectivity index (χ3n) is 4.50. The molecule has 1 amide bonds. The van der Waals surface area contributed by atoms with Crippen LogP contribution >= 0.6 is 0 Å². The molecule has 0 N–H and O–H groups in total. The zero-order valence-corrected chi connectivity index (χ0v) is 13.7. The first-order valence-electron chi connectivity index (χ1n) is 8.17. The molecule has 0 aliphatic carbocycles. The van der Waals surface area contributed by atoms with Crippen LogP contribution in [0, 0.1) is 5.92 Å². The number of methoxy groups -OCH3 is 1. The zero-order valence-electron chi connectivity index (χ0n) is 13.7. The van der Waals surface area contributed by atoms with Crippen molar-refractivity contribution in [2.45, 2.75) is 19.3 Å². The monoisotopic (exact) mass is 327 g/mol. The number of hydrogen-bond acceptors (Lipinski definition) is 4. The number of carbonyl (C=O) groups excluding carboxylic acids is 1. The smallest absolute Gasteiger partial charge is 0.289 e. The van der Waals surface area contributed by atoms with Crippen molar-refractivity contribution in [3.63, 3.8) is 0 Å². The summed E-state index contributed by atoms with van der Waals surface area (Å²) in [7, 11) is 1.39. The number of piperidine rings is 1. The second-order valence-electron chi connectivity index (χ2n) is 6.10. The molecular formula is C19H21NO4. The maximum Gasteiger partial charge on any atom is 0.289 e. The van der Waals surface area contributed by atoms with E-state index in [0.717, 1.165) is 19.3 Å². The van der Waals surface area contributed by atoms with Crippen LogP contribution in [0.5, 0.6) is 5.75 Å². The van der Waals surface area contributed by atoms with E-state index in [2.05, 4.69) is 24.3 Å². The quantitative estimate of drug-likeness (QED) is 0.866. The van der Waals surface area contributed by atoms with E-state index in [4.69, 9.17) is 9.15 Å². The summed E-state index contributed by atoms with van der Waals surface area (Å²) < 4.78 is 10.1. The molecule has 0 atom stereocenters.